The first-order valence-electron chi connectivity index (χ1n) is 9.32. The zero-order chi connectivity index (χ0) is 18.6. The smallest absolute Gasteiger partial charge is 0.190 e. The lowest BCUT2D eigenvalue weighted by Gasteiger charge is -2.11. The number of unbranched alkanes of at least 4 members (excludes halogenated alkanes) is 1. The molecule has 0 atom stereocenters. The minimum atomic E-state index is 0.658. The third-order valence-electron chi connectivity index (χ3n) is 4.27. The summed E-state index contributed by atoms with van der Waals surface area (Å²) in [6.45, 7) is 5.95. The summed E-state index contributed by atoms with van der Waals surface area (Å²) in [7, 11) is 3.49. The van der Waals surface area contributed by atoms with Crippen molar-refractivity contribution in [1.29, 1.82) is 0 Å². The predicted octanol–water partition coefficient (Wildman–Crippen LogP) is 2.63. The Morgan fingerprint density at radius 3 is 2.77 bits per heavy atom. The Morgan fingerprint density at radius 2 is 1.96 bits per heavy atom. The first kappa shape index (κ1) is 20.3. The van der Waals surface area contributed by atoms with Gasteiger partial charge < -0.3 is 25.1 Å². The maximum atomic E-state index is 5.45. The predicted molar refractivity (Wildman–Crippen MR) is 108 cm³/mol. The van der Waals surface area contributed by atoms with E-state index < -0.39 is 0 Å². The van der Waals surface area contributed by atoms with Crippen LogP contribution in [-0.4, -0.2) is 58.0 Å². The molecule has 0 spiro atoms. The summed E-state index contributed by atoms with van der Waals surface area (Å²) in [5.41, 5.74) is 3.81. The quantitative estimate of drug-likeness (QED) is 0.327. The number of nitrogens with one attached hydrogen (secondary N) is 3. The number of rotatable bonds is 11. The Labute approximate surface area is 156 Å². The summed E-state index contributed by atoms with van der Waals surface area (Å²) in [4.78, 5) is 7.63. The highest BCUT2D eigenvalue weighted by Crippen LogP contribution is 2.19. The van der Waals surface area contributed by atoms with Gasteiger partial charge in [-0.1, -0.05) is 12.1 Å². The fourth-order valence-electron chi connectivity index (χ4n) is 2.82. The summed E-state index contributed by atoms with van der Waals surface area (Å²) >= 11 is 0. The minimum Gasteiger partial charge on any atom is -0.382 e. The van der Waals surface area contributed by atoms with Crippen LogP contribution in [0.1, 0.15) is 24.0 Å². The number of aliphatic imine (C=N–C) groups is 1. The maximum Gasteiger partial charge on any atom is 0.190 e. The van der Waals surface area contributed by atoms with Crippen LogP contribution in [0.4, 0.5) is 0 Å². The van der Waals surface area contributed by atoms with Gasteiger partial charge in [-0.25, -0.2) is 0 Å². The molecule has 0 amide bonds. The van der Waals surface area contributed by atoms with Gasteiger partial charge in [-0.3, -0.25) is 4.99 Å². The van der Waals surface area contributed by atoms with Crippen molar-refractivity contribution in [1.82, 2.24) is 15.6 Å². The summed E-state index contributed by atoms with van der Waals surface area (Å²) in [6, 6.07) is 6.54. The molecule has 2 aromatic rings. The lowest BCUT2D eigenvalue weighted by Crippen LogP contribution is -2.38. The summed E-state index contributed by atoms with van der Waals surface area (Å²) < 4.78 is 10.4. The van der Waals surface area contributed by atoms with Gasteiger partial charge in [0.1, 0.15) is 0 Å². The molecule has 0 aliphatic heterocycles. The Hall–Kier alpha value is -2.05. The Morgan fingerprint density at radius 1 is 1.12 bits per heavy atom. The van der Waals surface area contributed by atoms with Crippen LogP contribution < -0.4 is 10.6 Å². The number of nitrogens with zero attached hydrogens (tertiary/aromatic N) is 1. The second-order valence-electron chi connectivity index (χ2n) is 6.35. The van der Waals surface area contributed by atoms with E-state index in [1.165, 1.54) is 22.0 Å². The van der Waals surface area contributed by atoms with Crippen molar-refractivity contribution in [2.24, 2.45) is 4.99 Å². The van der Waals surface area contributed by atoms with Crippen LogP contribution >= 0.6 is 0 Å². The van der Waals surface area contributed by atoms with Crippen LogP contribution in [0.3, 0.4) is 0 Å². The molecular formula is C20H32N4O2. The third kappa shape index (κ3) is 6.69. The van der Waals surface area contributed by atoms with Gasteiger partial charge in [0.15, 0.2) is 5.96 Å². The Bertz CT molecular complexity index is 682. The normalized spacial score (nSPS) is 11.9. The van der Waals surface area contributed by atoms with E-state index in [0.29, 0.717) is 13.2 Å². The molecule has 2 rings (SSSR count). The molecule has 6 heteroatoms. The van der Waals surface area contributed by atoms with Crippen LogP contribution in [0.25, 0.3) is 10.9 Å². The van der Waals surface area contributed by atoms with Gasteiger partial charge in [-0.15, -0.1) is 0 Å². The SMILES string of the molecule is CN=C(NCCCCOCCOC)NCCc1c[nH]c2cc(C)ccc12. The van der Waals surface area contributed by atoms with Crippen molar-refractivity contribution >= 4 is 16.9 Å². The third-order valence-corrected chi connectivity index (χ3v) is 4.27. The lowest BCUT2D eigenvalue weighted by atomic mass is 10.1. The fraction of sp³-hybridized carbons (Fsp3) is 0.550. The van der Waals surface area contributed by atoms with E-state index in [0.717, 1.165) is 44.9 Å². The molecule has 0 radical (unpaired) electrons. The lowest BCUT2D eigenvalue weighted by molar-refractivity contribution is 0.0689. The number of hydrogen-bond acceptors (Lipinski definition) is 3. The number of methoxy groups -OCH3 is 1. The zero-order valence-corrected chi connectivity index (χ0v) is 16.2. The van der Waals surface area contributed by atoms with Crippen LogP contribution in [0.15, 0.2) is 29.4 Å². The minimum absolute atomic E-state index is 0.658. The number of aromatic amines is 1. The highest BCUT2D eigenvalue weighted by Gasteiger charge is 2.04. The molecule has 0 saturated carbocycles. The number of guanidine groups is 1. The molecule has 3 N–H and O–H groups in total. The molecule has 0 unspecified atom stereocenters. The average Bonchev–Trinajstić information content (AvgIpc) is 3.04. The molecule has 6 nitrogen and oxygen atoms in total. The molecule has 0 aliphatic carbocycles. The number of hydrogen-bond donors (Lipinski definition) is 3. The molecule has 1 heterocycles. The van der Waals surface area contributed by atoms with Crippen molar-refractivity contribution in [3.8, 4) is 0 Å². The molecular weight excluding hydrogens is 328 g/mol. The zero-order valence-electron chi connectivity index (χ0n) is 16.2. The van der Waals surface area contributed by atoms with Gasteiger partial charge in [0.2, 0.25) is 0 Å². The average molecular weight is 361 g/mol. The number of aromatic nitrogens is 1. The van der Waals surface area contributed by atoms with Gasteiger partial charge in [0, 0.05) is 51.0 Å². The van der Waals surface area contributed by atoms with Gasteiger partial charge in [0.25, 0.3) is 0 Å². The maximum absolute atomic E-state index is 5.45. The van der Waals surface area contributed by atoms with Crippen LogP contribution in [-0.2, 0) is 15.9 Å². The Balaban J connectivity index is 1.62. The van der Waals surface area contributed by atoms with Gasteiger partial charge in [0.05, 0.1) is 13.2 Å². The van der Waals surface area contributed by atoms with Crippen molar-refractivity contribution in [3.05, 3.63) is 35.5 Å². The topological polar surface area (TPSA) is 70.7 Å². The van der Waals surface area contributed by atoms with E-state index in [1.807, 2.05) is 0 Å². The van der Waals surface area contributed by atoms with Crippen molar-refractivity contribution in [2.45, 2.75) is 26.2 Å². The monoisotopic (exact) mass is 360 g/mol. The number of benzene rings is 1. The van der Waals surface area contributed by atoms with E-state index in [-0.39, 0.29) is 0 Å². The van der Waals surface area contributed by atoms with Gasteiger partial charge >= 0.3 is 0 Å². The first-order chi connectivity index (χ1) is 12.7. The highest BCUT2D eigenvalue weighted by atomic mass is 16.5. The van der Waals surface area contributed by atoms with Crippen LogP contribution in [0.2, 0.25) is 0 Å². The number of ether oxygens (including phenoxy) is 2. The van der Waals surface area contributed by atoms with E-state index in [9.17, 15) is 0 Å². The number of fused-ring (bicyclic) bond motifs is 1. The molecule has 1 aromatic carbocycles. The highest BCUT2D eigenvalue weighted by molar-refractivity contribution is 5.84. The molecule has 26 heavy (non-hydrogen) atoms. The fourth-order valence-corrected chi connectivity index (χ4v) is 2.82. The van der Waals surface area contributed by atoms with E-state index in [1.54, 1.807) is 14.2 Å². The molecule has 0 fully saturated rings. The largest absolute Gasteiger partial charge is 0.382 e. The first-order valence-corrected chi connectivity index (χ1v) is 9.32. The molecule has 0 saturated heterocycles. The molecule has 1 aromatic heterocycles. The second kappa shape index (κ2) is 11.5. The van der Waals surface area contributed by atoms with Crippen molar-refractivity contribution in [2.75, 3.05) is 47.1 Å². The van der Waals surface area contributed by atoms with Crippen molar-refractivity contribution < 1.29 is 9.47 Å². The number of aryl methyl sites for hydroxylation is 1. The van der Waals surface area contributed by atoms with Crippen LogP contribution in [0, 0.1) is 6.92 Å². The van der Waals surface area contributed by atoms with Crippen LogP contribution in [0.5, 0.6) is 0 Å². The van der Waals surface area contributed by atoms with E-state index in [4.69, 9.17) is 9.47 Å². The van der Waals surface area contributed by atoms with E-state index >= 15 is 0 Å². The summed E-state index contributed by atoms with van der Waals surface area (Å²) in [5, 5.41) is 8.03. The van der Waals surface area contributed by atoms with Gasteiger partial charge in [-0.05, 0) is 43.4 Å². The summed E-state index contributed by atoms with van der Waals surface area (Å²) in [5.74, 6) is 0.848. The standard InChI is InChI=1S/C20H32N4O2/c1-16-6-7-18-17(15-24-19(18)14-16)8-10-23-20(21-2)22-9-4-5-11-26-13-12-25-3/h6-7,14-15,24H,4-5,8-13H2,1-3H3,(H2,21,22,23). The molecule has 0 bridgehead atoms. The van der Waals surface area contributed by atoms with E-state index in [2.05, 4.69) is 51.9 Å². The van der Waals surface area contributed by atoms with Crippen molar-refractivity contribution in [3.63, 3.8) is 0 Å². The molecule has 0 aliphatic rings. The molecule has 144 valence electrons. The summed E-state index contributed by atoms with van der Waals surface area (Å²) in [6.07, 6.45) is 5.14. The Kier molecular flexibility index (Phi) is 9.00. The van der Waals surface area contributed by atoms with Gasteiger partial charge in [-0.2, -0.15) is 0 Å². The number of H-pyrrole nitrogens is 1. The second-order valence-corrected chi connectivity index (χ2v) is 6.35.